The number of piperidine rings is 1. The predicted molar refractivity (Wildman–Crippen MR) is 80.3 cm³/mol. The summed E-state index contributed by atoms with van der Waals surface area (Å²) in [6.45, 7) is 4.72. The van der Waals surface area contributed by atoms with Crippen LogP contribution in [0.1, 0.15) is 39.0 Å². The van der Waals surface area contributed by atoms with Gasteiger partial charge in [-0.2, -0.15) is 0 Å². The molecule has 3 heteroatoms. The molecule has 1 saturated heterocycles. The van der Waals surface area contributed by atoms with Crippen molar-refractivity contribution in [3.05, 3.63) is 23.8 Å². The lowest BCUT2D eigenvalue weighted by atomic mass is 9.67. The highest BCUT2D eigenvalue weighted by Gasteiger charge is 2.46. The van der Waals surface area contributed by atoms with E-state index in [1.165, 1.54) is 37.9 Å². The summed E-state index contributed by atoms with van der Waals surface area (Å²) in [5.74, 6) is -0.215. The van der Waals surface area contributed by atoms with Crippen LogP contribution in [0.15, 0.2) is 23.8 Å². The summed E-state index contributed by atoms with van der Waals surface area (Å²) in [5.41, 5.74) is 1.38. The van der Waals surface area contributed by atoms with Gasteiger partial charge in [-0.05, 0) is 57.2 Å². The SMILES string of the molecule is CCCN1CCC[C@@H]2CC3C(=CC=CC3(O)OC)C[C@H]21. The van der Waals surface area contributed by atoms with Gasteiger partial charge >= 0.3 is 0 Å². The number of likely N-dealkylation sites (tertiary alicyclic amines) is 1. The molecule has 3 nitrogen and oxygen atoms in total. The highest BCUT2D eigenvalue weighted by Crippen LogP contribution is 2.46. The molecule has 4 atom stereocenters. The van der Waals surface area contributed by atoms with Crippen molar-refractivity contribution in [2.75, 3.05) is 20.2 Å². The van der Waals surface area contributed by atoms with E-state index in [-0.39, 0.29) is 5.92 Å². The van der Waals surface area contributed by atoms with Crippen LogP contribution in [0, 0.1) is 11.8 Å². The van der Waals surface area contributed by atoms with Crippen molar-refractivity contribution < 1.29 is 9.84 Å². The van der Waals surface area contributed by atoms with E-state index in [1.54, 1.807) is 7.11 Å². The number of allylic oxidation sites excluding steroid dienone is 2. The van der Waals surface area contributed by atoms with Crippen LogP contribution in [0.25, 0.3) is 0 Å². The Morgan fingerprint density at radius 3 is 3.10 bits per heavy atom. The molecule has 20 heavy (non-hydrogen) atoms. The van der Waals surface area contributed by atoms with Gasteiger partial charge in [0.2, 0.25) is 0 Å². The van der Waals surface area contributed by atoms with Gasteiger partial charge in [-0.15, -0.1) is 0 Å². The molecule has 0 aromatic heterocycles. The summed E-state index contributed by atoms with van der Waals surface area (Å²) in [5, 5.41) is 10.7. The topological polar surface area (TPSA) is 32.7 Å². The van der Waals surface area contributed by atoms with Crippen molar-refractivity contribution in [1.82, 2.24) is 4.90 Å². The second-order valence-corrected chi connectivity index (χ2v) is 6.55. The van der Waals surface area contributed by atoms with Crippen molar-refractivity contribution in [3.63, 3.8) is 0 Å². The Hall–Kier alpha value is -0.640. The van der Waals surface area contributed by atoms with E-state index in [1.807, 2.05) is 12.2 Å². The van der Waals surface area contributed by atoms with Crippen LogP contribution in [-0.4, -0.2) is 42.0 Å². The highest BCUT2D eigenvalue weighted by atomic mass is 16.6. The lowest BCUT2D eigenvalue weighted by Crippen LogP contribution is -2.53. The Bertz CT molecular complexity index is 415. The Kier molecular flexibility index (Phi) is 4.02. The number of fused-ring (bicyclic) bond motifs is 2. The number of nitrogens with zero attached hydrogens (tertiary/aromatic N) is 1. The smallest absolute Gasteiger partial charge is 0.191 e. The first-order valence-electron chi connectivity index (χ1n) is 8.07. The predicted octanol–water partition coefficient (Wildman–Crippen LogP) is 2.72. The molecule has 1 N–H and O–H groups in total. The third-order valence-corrected chi connectivity index (χ3v) is 5.45. The van der Waals surface area contributed by atoms with E-state index in [9.17, 15) is 5.11 Å². The van der Waals surface area contributed by atoms with E-state index >= 15 is 0 Å². The zero-order valence-corrected chi connectivity index (χ0v) is 12.7. The molecule has 2 aliphatic carbocycles. The number of methoxy groups -OCH3 is 1. The Balaban J connectivity index is 1.82. The Morgan fingerprint density at radius 1 is 1.50 bits per heavy atom. The summed E-state index contributed by atoms with van der Waals surface area (Å²) >= 11 is 0. The molecular weight excluding hydrogens is 250 g/mol. The summed E-state index contributed by atoms with van der Waals surface area (Å²) in [6.07, 6.45) is 12.0. The van der Waals surface area contributed by atoms with Crippen LogP contribution >= 0.6 is 0 Å². The molecule has 0 aromatic rings. The Morgan fingerprint density at radius 2 is 2.35 bits per heavy atom. The van der Waals surface area contributed by atoms with Crippen molar-refractivity contribution >= 4 is 0 Å². The van der Waals surface area contributed by atoms with E-state index in [2.05, 4.69) is 17.9 Å². The molecule has 0 radical (unpaired) electrons. The maximum Gasteiger partial charge on any atom is 0.191 e. The molecule has 2 fully saturated rings. The van der Waals surface area contributed by atoms with Crippen molar-refractivity contribution in [2.45, 2.75) is 50.9 Å². The molecule has 0 spiro atoms. The minimum absolute atomic E-state index is 0.153. The zero-order valence-electron chi connectivity index (χ0n) is 12.7. The Labute approximate surface area is 122 Å². The van der Waals surface area contributed by atoms with Gasteiger partial charge in [-0.25, -0.2) is 0 Å². The van der Waals surface area contributed by atoms with Crippen molar-refractivity contribution in [2.24, 2.45) is 11.8 Å². The number of rotatable bonds is 3. The van der Waals surface area contributed by atoms with E-state index < -0.39 is 5.79 Å². The third kappa shape index (κ3) is 2.36. The van der Waals surface area contributed by atoms with E-state index in [0.717, 1.165) is 12.8 Å². The fourth-order valence-electron chi connectivity index (χ4n) is 4.44. The minimum Gasteiger partial charge on any atom is -0.362 e. The molecule has 2 unspecified atom stereocenters. The van der Waals surface area contributed by atoms with E-state index in [4.69, 9.17) is 4.74 Å². The molecule has 0 amide bonds. The van der Waals surface area contributed by atoms with Gasteiger partial charge in [-0.3, -0.25) is 4.90 Å². The lowest BCUT2D eigenvalue weighted by Gasteiger charge is -2.50. The first kappa shape index (κ1) is 14.3. The van der Waals surface area contributed by atoms with Gasteiger partial charge in [0.05, 0.1) is 0 Å². The molecule has 0 aromatic carbocycles. The quantitative estimate of drug-likeness (QED) is 0.805. The molecule has 1 saturated carbocycles. The number of aliphatic hydroxyl groups is 1. The zero-order chi connectivity index (χ0) is 14.2. The van der Waals surface area contributed by atoms with Crippen LogP contribution in [0.4, 0.5) is 0 Å². The number of hydrogen-bond donors (Lipinski definition) is 1. The lowest BCUT2D eigenvalue weighted by molar-refractivity contribution is -0.186. The monoisotopic (exact) mass is 277 g/mol. The van der Waals surface area contributed by atoms with Gasteiger partial charge in [0.25, 0.3) is 0 Å². The summed E-state index contributed by atoms with van der Waals surface area (Å²) < 4.78 is 5.42. The maximum atomic E-state index is 10.7. The third-order valence-electron chi connectivity index (χ3n) is 5.45. The standard InChI is InChI=1S/C17H27NO2/c1-3-9-18-10-5-7-14-11-15-13(12-16(14)18)6-4-8-17(15,19)20-2/h4,6,8,14-16,19H,3,5,7,9-12H2,1-2H3/t14-,15?,16-,17?/m1/s1. The van der Waals surface area contributed by atoms with Crippen LogP contribution in [0.2, 0.25) is 0 Å². The van der Waals surface area contributed by atoms with Gasteiger partial charge in [0.1, 0.15) is 0 Å². The molecule has 1 aliphatic heterocycles. The van der Waals surface area contributed by atoms with Crippen LogP contribution < -0.4 is 0 Å². The molecule has 3 aliphatic rings. The molecule has 0 bridgehead atoms. The van der Waals surface area contributed by atoms with Gasteiger partial charge in [0.15, 0.2) is 5.79 Å². The van der Waals surface area contributed by atoms with Gasteiger partial charge in [-0.1, -0.05) is 24.6 Å². The van der Waals surface area contributed by atoms with Crippen LogP contribution in [0.5, 0.6) is 0 Å². The first-order valence-corrected chi connectivity index (χ1v) is 8.07. The molecular formula is C17H27NO2. The van der Waals surface area contributed by atoms with Crippen molar-refractivity contribution in [3.8, 4) is 0 Å². The number of ether oxygens (including phenoxy) is 1. The van der Waals surface area contributed by atoms with Gasteiger partial charge < -0.3 is 9.84 Å². The normalized spacial score (nSPS) is 41.0. The first-order chi connectivity index (χ1) is 9.68. The summed E-state index contributed by atoms with van der Waals surface area (Å²) in [4.78, 5) is 2.68. The van der Waals surface area contributed by atoms with Gasteiger partial charge in [0, 0.05) is 19.1 Å². The molecule has 1 heterocycles. The molecule has 3 rings (SSSR count). The largest absolute Gasteiger partial charge is 0.362 e. The fraction of sp³-hybridized carbons (Fsp3) is 0.765. The minimum atomic E-state index is -1.08. The summed E-state index contributed by atoms with van der Waals surface area (Å²) in [6, 6.07) is 0.679. The fourth-order valence-corrected chi connectivity index (χ4v) is 4.44. The van der Waals surface area contributed by atoms with Crippen LogP contribution in [-0.2, 0) is 4.74 Å². The number of hydrogen-bond acceptors (Lipinski definition) is 3. The van der Waals surface area contributed by atoms with Crippen molar-refractivity contribution in [1.29, 1.82) is 0 Å². The second kappa shape index (κ2) is 5.63. The average Bonchev–Trinajstić information content (AvgIpc) is 2.47. The second-order valence-electron chi connectivity index (χ2n) is 6.55. The average molecular weight is 277 g/mol. The van der Waals surface area contributed by atoms with Crippen LogP contribution in [0.3, 0.4) is 0 Å². The van der Waals surface area contributed by atoms with E-state index in [0.29, 0.717) is 12.0 Å². The maximum absolute atomic E-state index is 10.7. The highest BCUT2D eigenvalue weighted by molar-refractivity contribution is 5.29. The summed E-state index contributed by atoms with van der Waals surface area (Å²) in [7, 11) is 1.61. The molecule has 112 valence electrons.